The molecule has 0 saturated heterocycles. The van der Waals surface area contributed by atoms with E-state index in [0.29, 0.717) is 12.5 Å². The lowest BCUT2D eigenvalue weighted by molar-refractivity contribution is -0.141. The molecule has 0 aliphatic rings. The topological polar surface area (TPSA) is 65.2 Å². The lowest BCUT2D eigenvalue weighted by Crippen LogP contribution is -2.14. The maximum absolute atomic E-state index is 12.3. The van der Waals surface area contributed by atoms with E-state index in [2.05, 4.69) is 4.98 Å². The van der Waals surface area contributed by atoms with Crippen LogP contribution in [0.15, 0.2) is 12.1 Å². The van der Waals surface area contributed by atoms with Gasteiger partial charge in [0.1, 0.15) is 17.1 Å². The van der Waals surface area contributed by atoms with Crippen LogP contribution in [-0.4, -0.2) is 17.6 Å². The summed E-state index contributed by atoms with van der Waals surface area (Å²) in [4.78, 5) is 14.6. The predicted octanol–water partition coefficient (Wildman–Crippen LogP) is 2.64. The molecule has 4 nitrogen and oxygen atoms in total. The second-order valence-corrected chi connectivity index (χ2v) is 3.62. The van der Waals surface area contributed by atoms with Gasteiger partial charge in [0.2, 0.25) is 0 Å². The average Bonchev–Trinajstić information content (AvgIpc) is 2.27. The summed E-state index contributed by atoms with van der Waals surface area (Å²) < 4.78 is 41.8. The van der Waals surface area contributed by atoms with Gasteiger partial charge in [-0.05, 0) is 18.6 Å². The van der Waals surface area contributed by atoms with E-state index in [1.807, 2.05) is 6.92 Å². The van der Waals surface area contributed by atoms with Crippen LogP contribution in [0.4, 0.5) is 19.0 Å². The van der Waals surface area contributed by atoms with E-state index < -0.39 is 23.7 Å². The summed E-state index contributed by atoms with van der Waals surface area (Å²) in [5.74, 6) is -1.24. The van der Waals surface area contributed by atoms with Crippen molar-refractivity contribution in [3.63, 3.8) is 0 Å². The monoisotopic (exact) mass is 262 g/mol. The molecule has 0 bridgehead atoms. The van der Waals surface area contributed by atoms with Crippen molar-refractivity contribution in [1.29, 1.82) is 0 Å². The first-order chi connectivity index (χ1) is 8.36. The van der Waals surface area contributed by atoms with Crippen molar-refractivity contribution >= 4 is 11.8 Å². The van der Waals surface area contributed by atoms with Crippen LogP contribution in [0.25, 0.3) is 0 Å². The molecule has 100 valence electrons. The largest absolute Gasteiger partial charge is 0.462 e. The molecule has 0 atom stereocenters. The van der Waals surface area contributed by atoms with Gasteiger partial charge in [-0.25, -0.2) is 9.78 Å². The molecule has 0 spiro atoms. The highest BCUT2D eigenvalue weighted by molar-refractivity contribution is 5.94. The Labute approximate surface area is 102 Å². The number of anilines is 1. The summed E-state index contributed by atoms with van der Waals surface area (Å²) in [5.41, 5.74) is 4.02. The van der Waals surface area contributed by atoms with Crippen LogP contribution in [0.2, 0.25) is 0 Å². The van der Waals surface area contributed by atoms with Gasteiger partial charge < -0.3 is 10.5 Å². The van der Waals surface area contributed by atoms with Gasteiger partial charge in [-0.15, -0.1) is 0 Å². The zero-order valence-corrected chi connectivity index (χ0v) is 9.75. The van der Waals surface area contributed by atoms with Crippen molar-refractivity contribution in [1.82, 2.24) is 4.98 Å². The Bertz CT molecular complexity index is 433. The smallest absolute Gasteiger partial charge is 0.433 e. The Hall–Kier alpha value is -1.79. The molecule has 1 aromatic heterocycles. The molecular formula is C11H13F3N2O2. The fraction of sp³-hybridized carbons (Fsp3) is 0.455. The number of rotatable bonds is 4. The number of ether oxygens (including phenoxy) is 1. The molecule has 0 aliphatic heterocycles. The standard InChI is InChI=1S/C11H13F3N2O2/c1-2-3-6-18-10(17)7-4-5-8(11(12,13)14)16-9(7)15/h4-5H,2-3,6H2,1H3,(H2,15,16). The number of hydrogen-bond donors (Lipinski definition) is 1. The summed E-state index contributed by atoms with van der Waals surface area (Å²) in [7, 11) is 0. The van der Waals surface area contributed by atoms with Gasteiger partial charge in [0.05, 0.1) is 6.61 Å². The van der Waals surface area contributed by atoms with Crippen LogP contribution in [-0.2, 0) is 10.9 Å². The van der Waals surface area contributed by atoms with Crippen molar-refractivity contribution in [2.24, 2.45) is 0 Å². The summed E-state index contributed by atoms with van der Waals surface area (Å²) in [6.07, 6.45) is -3.06. The maximum atomic E-state index is 12.3. The number of carbonyl (C=O) groups is 1. The lowest BCUT2D eigenvalue weighted by Gasteiger charge is -2.09. The minimum atomic E-state index is -4.58. The van der Waals surface area contributed by atoms with E-state index in [0.717, 1.165) is 12.5 Å². The van der Waals surface area contributed by atoms with E-state index in [1.54, 1.807) is 0 Å². The minimum Gasteiger partial charge on any atom is -0.462 e. The number of nitrogens with two attached hydrogens (primary N) is 1. The first kappa shape index (κ1) is 14.3. The van der Waals surface area contributed by atoms with E-state index >= 15 is 0 Å². The number of alkyl halides is 3. The summed E-state index contributed by atoms with van der Waals surface area (Å²) in [5, 5.41) is 0. The van der Waals surface area contributed by atoms with Crippen molar-refractivity contribution in [3.05, 3.63) is 23.4 Å². The number of halogens is 3. The fourth-order valence-electron chi connectivity index (χ4n) is 1.19. The van der Waals surface area contributed by atoms with Crippen LogP contribution >= 0.6 is 0 Å². The van der Waals surface area contributed by atoms with Crippen LogP contribution in [0, 0.1) is 0 Å². The zero-order chi connectivity index (χ0) is 13.8. The molecule has 0 unspecified atom stereocenters. The van der Waals surface area contributed by atoms with E-state index in [-0.39, 0.29) is 12.2 Å². The molecular weight excluding hydrogens is 249 g/mol. The molecule has 1 aromatic rings. The first-order valence-corrected chi connectivity index (χ1v) is 5.37. The Morgan fingerprint density at radius 2 is 2.11 bits per heavy atom. The number of hydrogen-bond acceptors (Lipinski definition) is 4. The van der Waals surface area contributed by atoms with Crippen LogP contribution in [0.5, 0.6) is 0 Å². The molecule has 1 rings (SSSR count). The zero-order valence-electron chi connectivity index (χ0n) is 9.75. The van der Waals surface area contributed by atoms with Crippen LogP contribution < -0.4 is 5.73 Å². The van der Waals surface area contributed by atoms with Gasteiger partial charge >= 0.3 is 12.1 Å². The Kier molecular flexibility index (Phi) is 4.52. The Morgan fingerprint density at radius 1 is 1.44 bits per heavy atom. The highest BCUT2D eigenvalue weighted by Crippen LogP contribution is 2.28. The number of nitrogens with zero attached hydrogens (tertiary/aromatic N) is 1. The summed E-state index contributed by atoms with van der Waals surface area (Å²) in [6.45, 7) is 2.12. The second kappa shape index (κ2) is 5.70. The third kappa shape index (κ3) is 3.61. The molecule has 0 fully saturated rings. The third-order valence-electron chi connectivity index (χ3n) is 2.17. The van der Waals surface area contributed by atoms with E-state index in [4.69, 9.17) is 10.5 Å². The normalized spacial score (nSPS) is 11.3. The van der Waals surface area contributed by atoms with Gasteiger partial charge in [0.25, 0.3) is 0 Å². The van der Waals surface area contributed by atoms with Gasteiger partial charge in [0, 0.05) is 0 Å². The molecule has 0 saturated carbocycles. The molecule has 0 amide bonds. The minimum absolute atomic E-state index is 0.154. The average molecular weight is 262 g/mol. The molecule has 7 heteroatoms. The van der Waals surface area contributed by atoms with E-state index in [1.165, 1.54) is 0 Å². The molecule has 0 radical (unpaired) electrons. The highest BCUT2D eigenvalue weighted by Gasteiger charge is 2.33. The van der Waals surface area contributed by atoms with Gasteiger partial charge in [-0.1, -0.05) is 13.3 Å². The first-order valence-electron chi connectivity index (χ1n) is 5.37. The Morgan fingerprint density at radius 3 is 2.61 bits per heavy atom. The predicted molar refractivity (Wildman–Crippen MR) is 58.8 cm³/mol. The number of nitrogen functional groups attached to an aromatic ring is 1. The molecule has 2 N–H and O–H groups in total. The Balaban J connectivity index is 2.82. The molecule has 1 heterocycles. The highest BCUT2D eigenvalue weighted by atomic mass is 19.4. The maximum Gasteiger partial charge on any atom is 0.433 e. The number of aromatic nitrogens is 1. The van der Waals surface area contributed by atoms with Gasteiger partial charge in [-0.2, -0.15) is 13.2 Å². The number of carbonyl (C=O) groups excluding carboxylic acids is 1. The van der Waals surface area contributed by atoms with Crippen LogP contribution in [0.3, 0.4) is 0 Å². The summed E-state index contributed by atoms with van der Waals surface area (Å²) >= 11 is 0. The number of esters is 1. The van der Waals surface area contributed by atoms with Crippen molar-refractivity contribution in [3.8, 4) is 0 Å². The number of unbranched alkanes of at least 4 members (excludes halogenated alkanes) is 1. The van der Waals surface area contributed by atoms with Gasteiger partial charge in [0.15, 0.2) is 0 Å². The molecule has 0 aliphatic carbocycles. The second-order valence-electron chi connectivity index (χ2n) is 3.62. The van der Waals surface area contributed by atoms with Crippen molar-refractivity contribution in [2.75, 3.05) is 12.3 Å². The van der Waals surface area contributed by atoms with Crippen molar-refractivity contribution < 1.29 is 22.7 Å². The summed E-state index contributed by atoms with van der Waals surface area (Å²) in [6, 6.07) is 1.67. The third-order valence-corrected chi connectivity index (χ3v) is 2.17. The molecule has 18 heavy (non-hydrogen) atoms. The molecule has 0 aromatic carbocycles. The fourth-order valence-corrected chi connectivity index (χ4v) is 1.19. The van der Waals surface area contributed by atoms with Crippen molar-refractivity contribution in [2.45, 2.75) is 25.9 Å². The van der Waals surface area contributed by atoms with Crippen LogP contribution in [0.1, 0.15) is 35.8 Å². The SMILES string of the molecule is CCCCOC(=O)c1ccc(C(F)(F)F)nc1N. The van der Waals surface area contributed by atoms with Gasteiger partial charge in [-0.3, -0.25) is 0 Å². The lowest BCUT2D eigenvalue weighted by atomic mass is 10.2. The van der Waals surface area contributed by atoms with E-state index in [9.17, 15) is 18.0 Å². The quantitative estimate of drug-likeness (QED) is 0.669. The number of pyridine rings is 1.